The van der Waals surface area contributed by atoms with Crippen LogP contribution in [0.2, 0.25) is 0 Å². The fraction of sp³-hybridized carbons (Fsp3) is 0.375. The quantitative estimate of drug-likeness (QED) is 0.803. The van der Waals surface area contributed by atoms with E-state index in [2.05, 4.69) is 10.3 Å². The standard InChI is InChI=1S/C16H18N2O4/c19-14(13-9-11-3-1-2-4-12(11)18-13)17-10-16(15(20)21)5-7-22-8-6-16/h1-4,9,18H,5-8,10H2,(H,17,19)(H,20,21). The fourth-order valence-electron chi connectivity index (χ4n) is 2.77. The first kappa shape index (κ1) is 14.6. The molecule has 0 atom stereocenters. The zero-order valence-electron chi connectivity index (χ0n) is 12.1. The molecule has 2 aromatic rings. The lowest BCUT2D eigenvalue weighted by atomic mass is 9.80. The van der Waals surface area contributed by atoms with Crippen molar-refractivity contribution in [1.82, 2.24) is 10.3 Å². The van der Waals surface area contributed by atoms with Gasteiger partial charge in [0.2, 0.25) is 0 Å². The fourth-order valence-corrected chi connectivity index (χ4v) is 2.77. The van der Waals surface area contributed by atoms with Gasteiger partial charge in [-0.2, -0.15) is 0 Å². The molecule has 22 heavy (non-hydrogen) atoms. The number of carbonyl (C=O) groups is 2. The Morgan fingerprint density at radius 1 is 1.27 bits per heavy atom. The van der Waals surface area contributed by atoms with Crippen molar-refractivity contribution in [3.05, 3.63) is 36.0 Å². The molecular formula is C16H18N2O4. The average molecular weight is 302 g/mol. The third-order valence-corrected chi connectivity index (χ3v) is 4.27. The molecule has 1 aromatic heterocycles. The van der Waals surface area contributed by atoms with Crippen LogP contribution < -0.4 is 5.32 Å². The number of benzene rings is 1. The normalized spacial score (nSPS) is 17.3. The van der Waals surface area contributed by atoms with Crippen LogP contribution >= 0.6 is 0 Å². The zero-order chi connectivity index (χ0) is 15.6. The van der Waals surface area contributed by atoms with E-state index in [0.29, 0.717) is 31.7 Å². The van der Waals surface area contributed by atoms with E-state index in [0.717, 1.165) is 10.9 Å². The number of nitrogens with one attached hydrogen (secondary N) is 2. The Kier molecular flexibility index (Phi) is 3.85. The number of carboxylic acid groups (broad SMARTS) is 1. The van der Waals surface area contributed by atoms with Gasteiger partial charge in [0, 0.05) is 30.7 Å². The molecule has 0 unspecified atom stereocenters. The topological polar surface area (TPSA) is 91.4 Å². The first-order valence-corrected chi connectivity index (χ1v) is 7.28. The lowest BCUT2D eigenvalue weighted by Crippen LogP contribution is -2.46. The van der Waals surface area contributed by atoms with Gasteiger partial charge in [-0.05, 0) is 25.0 Å². The van der Waals surface area contributed by atoms with Crippen molar-refractivity contribution >= 4 is 22.8 Å². The molecule has 2 heterocycles. The van der Waals surface area contributed by atoms with Gasteiger partial charge in [-0.3, -0.25) is 9.59 Å². The second-order valence-corrected chi connectivity index (χ2v) is 5.65. The maximum Gasteiger partial charge on any atom is 0.311 e. The van der Waals surface area contributed by atoms with E-state index in [1.165, 1.54) is 0 Å². The van der Waals surface area contributed by atoms with Crippen molar-refractivity contribution in [3.63, 3.8) is 0 Å². The number of hydrogen-bond acceptors (Lipinski definition) is 3. The third-order valence-electron chi connectivity index (χ3n) is 4.27. The van der Waals surface area contributed by atoms with Crippen LogP contribution in [0.4, 0.5) is 0 Å². The van der Waals surface area contributed by atoms with Gasteiger partial charge in [-0.15, -0.1) is 0 Å². The molecule has 1 aliphatic rings. The molecule has 1 amide bonds. The molecule has 6 nitrogen and oxygen atoms in total. The van der Waals surface area contributed by atoms with Gasteiger partial charge in [0.15, 0.2) is 0 Å². The van der Waals surface area contributed by atoms with Crippen molar-refractivity contribution < 1.29 is 19.4 Å². The third kappa shape index (κ3) is 2.69. The van der Waals surface area contributed by atoms with Crippen LogP contribution in [0.5, 0.6) is 0 Å². The Morgan fingerprint density at radius 2 is 2.00 bits per heavy atom. The summed E-state index contributed by atoms with van der Waals surface area (Å²) in [6.45, 7) is 0.934. The number of para-hydroxylation sites is 1. The van der Waals surface area contributed by atoms with E-state index in [9.17, 15) is 14.7 Å². The van der Waals surface area contributed by atoms with E-state index in [4.69, 9.17) is 4.74 Å². The van der Waals surface area contributed by atoms with Crippen LogP contribution in [0.3, 0.4) is 0 Å². The summed E-state index contributed by atoms with van der Waals surface area (Å²) in [5.74, 6) is -1.17. The summed E-state index contributed by atoms with van der Waals surface area (Å²) in [6, 6.07) is 9.37. The molecule has 1 aromatic carbocycles. The van der Waals surface area contributed by atoms with Crippen molar-refractivity contribution in [3.8, 4) is 0 Å². The van der Waals surface area contributed by atoms with Gasteiger partial charge in [0.25, 0.3) is 5.91 Å². The molecule has 1 aliphatic heterocycles. The predicted octanol–water partition coefficient (Wildman–Crippen LogP) is 1.78. The molecule has 0 spiro atoms. The number of ether oxygens (including phenoxy) is 1. The summed E-state index contributed by atoms with van der Waals surface area (Å²) in [7, 11) is 0. The van der Waals surface area contributed by atoms with Crippen molar-refractivity contribution in [1.29, 1.82) is 0 Å². The Labute approximate surface area is 127 Å². The number of aromatic nitrogens is 1. The van der Waals surface area contributed by atoms with Crippen LogP contribution in [-0.2, 0) is 9.53 Å². The minimum Gasteiger partial charge on any atom is -0.481 e. The maximum atomic E-state index is 12.3. The maximum absolute atomic E-state index is 12.3. The molecule has 0 aliphatic carbocycles. The highest BCUT2D eigenvalue weighted by molar-refractivity contribution is 5.98. The lowest BCUT2D eigenvalue weighted by Gasteiger charge is -2.33. The number of carbonyl (C=O) groups excluding carboxylic acids is 1. The second kappa shape index (κ2) is 5.81. The summed E-state index contributed by atoms with van der Waals surface area (Å²) in [5, 5.41) is 13.2. The zero-order valence-corrected chi connectivity index (χ0v) is 12.1. The Hall–Kier alpha value is -2.34. The number of rotatable bonds is 4. The lowest BCUT2D eigenvalue weighted by molar-refractivity contribution is -0.154. The molecule has 0 radical (unpaired) electrons. The number of hydrogen-bond donors (Lipinski definition) is 3. The van der Waals surface area contributed by atoms with Crippen LogP contribution in [0.15, 0.2) is 30.3 Å². The Bertz CT molecular complexity index is 668. The van der Waals surface area contributed by atoms with Gasteiger partial charge in [-0.25, -0.2) is 0 Å². The van der Waals surface area contributed by atoms with Gasteiger partial charge in [-0.1, -0.05) is 18.2 Å². The second-order valence-electron chi connectivity index (χ2n) is 5.65. The number of carboxylic acids is 1. The number of aromatic amines is 1. The van der Waals surface area contributed by atoms with E-state index in [-0.39, 0.29) is 12.5 Å². The largest absolute Gasteiger partial charge is 0.481 e. The van der Waals surface area contributed by atoms with Crippen LogP contribution in [-0.4, -0.2) is 41.7 Å². The van der Waals surface area contributed by atoms with E-state index >= 15 is 0 Å². The smallest absolute Gasteiger partial charge is 0.311 e. The van der Waals surface area contributed by atoms with Gasteiger partial charge >= 0.3 is 5.97 Å². The van der Waals surface area contributed by atoms with Crippen LogP contribution in [0.25, 0.3) is 10.9 Å². The van der Waals surface area contributed by atoms with Crippen molar-refractivity contribution in [2.24, 2.45) is 5.41 Å². The average Bonchev–Trinajstić information content (AvgIpc) is 2.97. The molecule has 6 heteroatoms. The number of fused-ring (bicyclic) bond motifs is 1. The van der Waals surface area contributed by atoms with Crippen molar-refractivity contribution in [2.45, 2.75) is 12.8 Å². The van der Waals surface area contributed by atoms with Crippen molar-refractivity contribution in [2.75, 3.05) is 19.8 Å². The highest BCUT2D eigenvalue weighted by Gasteiger charge is 2.40. The van der Waals surface area contributed by atoms with Gasteiger partial charge in [0.05, 0.1) is 5.41 Å². The van der Waals surface area contributed by atoms with Gasteiger partial charge < -0.3 is 20.1 Å². The highest BCUT2D eigenvalue weighted by atomic mass is 16.5. The molecule has 3 rings (SSSR count). The molecule has 0 bridgehead atoms. The molecular weight excluding hydrogens is 284 g/mol. The van der Waals surface area contributed by atoms with E-state index in [1.54, 1.807) is 6.07 Å². The molecule has 0 saturated carbocycles. The minimum absolute atomic E-state index is 0.111. The predicted molar refractivity (Wildman–Crippen MR) is 80.8 cm³/mol. The van der Waals surface area contributed by atoms with E-state index < -0.39 is 11.4 Å². The first-order valence-electron chi connectivity index (χ1n) is 7.28. The number of H-pyrrole nitrogens is 1. The molecule has 1 fully saturated rings. The molecule has 1 saturated heterocycles. The first-order chi connectivity index (χ1) is 10.6. The summed E-state index contributed by atoms with van der Waals surface area (Å²) in [4.78, 5) is 26.8. The summed E-state index contributed by atoms with van der Waals surface area (Å²) in [5.41, 5.74) is 0.389. The number of amides is 1. The Balaban J connectivity index is 1.72. The summed E-state index contributed by atoms with van der Waals surface area (Å²) >= 11 is 0. The molecule has 3 N–H and O–H groups in total. The van der Waals surface area contributed by atoms with Crippen LogP contribution in [0, 0.1) is 5.41 Å². The minimum atomic E-state index is -0.931. The molecule has 116 valence electrons. The SMILES string of the molecule is O=C(NCC1(C(=O)O)CCOCC1)c1cc2ccccc2[nH]1. The van der Waals surface area contributed by atoms with E-state index in [1.807, 2.05) is 24.3 Å². The summed E-state index contributed by atoms with van der Waals surface area (Å²) < 4.78 is 5.22. The Morgan fingerprint density at radius 3 is 2.68 bits per heavy atom. The van der Waals surface area contributed by atoms with Crippen LogP contribution in [0.1, 0.15) is 23.3 Å². The highest BCUT2D eigenvalue weighted by Crippen LogP contribution is 2.30. The monoisotopic (exact) mass is 302 g/mol. The summed E-state index contributed by atoms with van der Waals surface area (Å²) in [6.07, 6.45) is 0.824. The van der Waals surface area contributed by atoms with Gasteiger partial charge in [0.1, 0.15) is 5.69 Å². The number of aliphatic carboxylic acids is 1.